The molecule has 7 nitrogen and oxygen atoms in total. The maximum Gasteiger partial charge on any atom is 0.261 e. The van der Waals surface area contributed by atoms with Gasteiger partial charge < -0.3 is 5.32 Å². The number of carbonyl (C=O) groups excluding carboxylic acids is 1. The molecule has 0 unspecified atom stereocenters. The lowest BCUT2D eigenvalue weighted by Crippen LogP contribution is -2.30. The van der Waals surface area contributed by atoms with Gasteiger partial charge in [-0.2, -0.15) is 0 Å². The van der Waals surface area contributed by atoms with Gasteiger partial charge >= 0.3 is 0 Å². The predicted octanol–water partition coefficient (Wildman–Crippen LogP) is 2.10. The predicted molar refractivity (Wildman–Crippen MR) is 105 cm³/mol. The number of rotatable bonds is 8. The summed E-state index contributed by atoms with van der Waals surface area (Å²) in [5.41, 5.74) is 0.838. The molecule has 0 atom stereocenters. The van der Waals surface area contributed by atoms with Gasteiger partial charge in [0.15, 0.2) is 9.84 Å². The minimum atomic E-state index is -3.99. The normalized spacial score (nSPS) is 11.8. The largest absolute Gasteiger partial charge is 0.351 e. The Labute approximate surface area is 163 Å². The summed E-state index contributed by atoms with van der Waals surface area (Å²) in [6, 6.07) is 8.85. The highest BCUT2D eigenvalue weighted by molar-refractivity contribution is 7.92. The Bertz CT molecular complexity index is 1070. The fraction of sp³-hybridized carbons (Fsp3) is 0.278. The van der Waals surface area contributed by atoms with Gasteiger partial charge in [-0.25, -0.2) is 21.2 Å². The maximum atomic E-state index is 13.0. The third kappa shape index (κ3) is 5.77. The number of aryl methyl sites for hydroxylation is 1. The minimum Gasteiger partial charge on any atom is -0.351 e. The van der Waals surface area contributed by atoms with E-state index in [0.29, 0.717) is 5.56 Å². The molecule has 0 bridgehead atoms. The SMILES string of the molecule is CCS(=O)(=O)CCNC(=O)c1cc(S(=O)(=O)Nc2ccc(F)cc2)ccc1C. The molecular formula is C18H21FN2O5S2. The topological polar surface area (TPSA) is 109 Å². The van der Waals surface area contributed by atoms with Crippen molar-refractivity contribution >= 4 is 31.5 Å². The first-order valence-electron chi connectivity index (χ1n) is 8.42. The van der Waals surface area contributed by atoms with Gasteiger partial charge in [0.1, 0.15) is 5.82 Å². The van der Waals surface area contributed by atoms with Gasteiger partial charge in [0, 0.05) is 23.5 Å². The van der Waals surface area contributed by atoms with E-state index < -0.39 is 31.6 Å². The number of halogens is 1. The Balaban J connectivity index is 2.19. The molecule has 10 heteroatoms. The van der Waals surface area contributed by atoms with Gasteiger partial charge in [0.05, 0.1) is 10.6 Å². The van der Waals surface area contributed by atoms with Crippen LogP contribution < -0.4 is 10.0 Å². The molecule has 2 aromatic carbocycles. The average molecular weight is 429 g/mol. The van der Waals surface area contributed by atoms with E-state index in [9.17, 15) is 26.0 Å². The van der Waals surface area contributed by atoms with Crippen LogP contribution in [0, 0.1) is 12.7 Å². The van der Waals surface area contributed by atoms with E-state index in [-0.39, 0.29) is 34.2 Å². The molecule has 152 valence electrons. The molecule has 0 aliphatic rings. The number of hydrogen-bond acceptors (Lipinski definition) is 5. The van der Waals surface area contributed by atoms with Crippen molar-refractivity contribution in [3.05, 3.63) is 59.4 Å². The molecule has 0 saturated carbocycles. The van der Waals surface area contributed by atoms with Crippen molar-refractivity contribution in [2.45, 2.75) is 18.7 Å². The standard InChI is InChI=1S/C18H21FN2O5S2/c1-3-27(23,24)11-10-20-18(22)17-12-16(9-4-13(17)2)28(25,26)21-15-7-5-14(19)6-8-15/h4-9,12,21H,3,10-11H2,1-2H3,(H,20,22). The number of amides is 1. The molecule has 2 rings (SSSR count). The van der Waals surface area contributed by atoms with Gasteiger partial charge in [0.2, 0.25) is 0 Å². The minimum absolute atomic E-state index is 0.0231. The molecule has 0 aliphatic carbocycles. The number of sulfonamides is 1. The number of hydrogen-bond donors (Lipinski definition) is 2. The zero-order valence-electron chi connectivity index (χ0n) is 15.4. The van der Waals surface area contributed by atoms with Crippen molar-refractivity contribution in [1.82, 2.24) is 5.32 Å². The van der Waals surface area contributed by atoms with Crippen molar-refractivity contribution < 1.29 is 26.0 Å². The number of carbonyl (C=O) groups is 1. The van der Waals surface area contributed by atoms with Crippen LogP contribution in [0.5, 0.6) is 0 Å². The van der Waals surface area contributed by atoms with Crippen LogP contribution in [0.2, 0.25) is 0 Å². The second kappa shape index (κ2) is 8.70. The van der Waals surface area contributed by atoms with Gasteiger partial charge in [-0.3, -0.25) is 9.52 Å². The van der Waals surface area contributed by atoms with E-state index in [1.54, 1.807) is 6.92 Å². The molecule has 2 N–H and O–H groups in total. The average Bonchev–Trinajstić information content (AvgIpc) is 2.63. The van der Waals surface area contributed by atoms with Gasteiger partial charge in [-0.05, 0) is 48.9 Å². The van der Waals surface area contributed by atoms with Crippen molar-refractivity contribution in [1.29, 1.82) is 0 Å². The molecule has 1 amide bonds. The highest BCUT2D eigenvalue weighted by Crippen LogP contribution is 2.19. The smallest absolute Gasteiger partial charge is 0.261 e. The van der Waals surface area contributed by atoms with Crippen LogP contribution in [0.25, 0.3) is 0 Å². The molecule has 0 aliphatic heterocycles. The van der Waals surface area contributed by atoms with Crippen LogP contribution in [-0.4, -0.2) is 40.8 Å². The zero-order valence-corrected chi connectivity index (χ0v) is 17.0. The molecular weight excluding hydrogens is 407 g/mol. The van der Waals surface area contributed by atoms with Crippen LogP contribution in [-0.2, 0) is 19.9 Å². The lowest BCUT2D eigenvalue weighted by molar-refractivity contribution is 0.0955. The summed E-state index contributed by atoms with van der Waals surface area (Å²) in [6.07, 6.45) is 0. The molecule has 0 spiro atoms. The van der Waals surface area contributed by atoms with Gasteiger partial charge in [0.25, 0.3) is 15.9 Å². The summed E-state index contributed by atoms with van der Waals surface area (Å²) in [5.74, 6) is -1.28. The van der Waals surface area contributed by atoms with Crippen LogP contribution in [0.15, 0.2) is 47.4 Å². The number of sulfone groups is 1. The first-order chi connectivity index (χ1) is 13.0. The first-order valence-corrected chi connectivity index (χ1v) is 11.7. The lowest BCUT2D eigenvalue weighted by Gasteiger charge is -2.12. The molecule has 0 heterocycles. The summed E-state index contributed by atoms with van der Waals surface area (Å²) >= 11 is 0. The summed E-state index contributed by atoms with van der Waals surface area (Å²) in [4.78, 5) is 12.2. The second-order valence-corrected chi connectivity index (χ2v) is 10.2. The zero-order chi connectivity index (χ0) is 20.9. The fourth-order valence-electron chi connectivity index (χ4n) is 2.30. The quantitative estimate of drug-likeness (QED) is 0.669. The van der Waals surface area contributed by atoms with E-state index >= 15 is 0 Å². The van der Waals surface area contributed by atoms with Crippen LogP contribution in [0.1, 0.15) is 22.8 Å². The van der Waals surface area contributed by atoms with E-state index in [1.807, 2.05) is 0 Å². The molecule has 28 heavy (non-hydrogen) atoms. The number of anilines is 1. The van der Waals surface area contributed by atoms with E-state index in [1.165, 1.54) is 37.3 Å². The summed E-state index contributed by atoms with van der Waals surface area (Å²) in [5, 5.41) is 2.49. The van der Waals surface area contributed by atoms with Gasteiger partial charge in [-0.1, -0.05) is 13.0 Å². The highest BCUT2D eigenvalue weighted by Gasteiger charge is 2.19. The van der Waals surface area contributed by atoms with E-state index in [0.717, 1.165) is 12.1 Å². The summed E-state index contributed by atoms with van der Waals surface area (Å²) in [6.45, 7) is 3.09. The van der Waals surface area contributed by atoms with Crippen molar-refractivity contribution in [2.75, 3.05) is 22.8 Å². The molecule has 2 aromatic rings. The van der Waals surface area contributed by atoms with Crippen molar-refractivity contribution in [3.8, 4) is 0 Å². The Morgan fingerprint density at radius 1 is 1.04 bits per heavy atom. The molecule has 0 aromatic heterocycles. The molecule has 0 radical (unpaired) electrons. The first kappa shape index (κ1) is 21.8. The van der Waals surface area contributed by atoms with Crippen LogP contribution in [0.3, 0.4) is 0 Å². The summed E-state index contributed by atoms with van der Waals surface area (Å²) in [7, 11) is -7.22. The Morgan fingerprint density at radius 2 is 1.68 bits per heavy atom. The van der Waals surface area contributed by atoms with E-state index in [4.69, 9.17) is 0 Å². The Kier molecular flexibility index (Phi) is 6.78. The third-order valence-electron chi connectivity index (χ3n) is 4.00. The van der Waals surface area contributed by atoms with E-state index in [2.05, 4.69) is 10.0 Å². The number of benzene rings is 2. The molecule has 0 saturated heterocycles. The number of nitrogens with one attached hydrogen (secondary N) is 2. The van der Waals surface area contributed by atoms with Crippen LogP contribution >= 0.6 is 0 Å². The van der Waals surface area contributed by atoms with Crippen LogP contribution in [0.4, 0.5) is 10.1 Å². The fourth-order valence-corrected chi connectivity index (χ4v) is 4.09. The second-order valence-electron chi connectivity index (χ2n) is 6.08. The Morgan fingerprint density at radius 3 is 2.29 bits per heavy atom. The lowest BCUT2D eigenvalue weighted by atomic mass is 10.1. The third-order valence-corrected chi connectivity index (χ3v) is 7.08. The monoisotopic (exact) mass is 428 g/mol. The van der Waals surface area contributed by atoms with Crippen molar-refractivity contribution in [3.63, 3.8) is 0 Å². The van der Waals surface area contributed by atoms with Gasteiger partial charge in [-0.15, -0.1) is 0 Å². The molecule has 0 fully saturated rings. The Hall–Kier alpha value is -2.46. The maximum absolute atomic E-state index is 13.0. The highest BCUT2D eigenvalue weighted by atomic mass is 32.2. The summed E-state index contributed by atoms with van der Waals surface area (Å²) < 4.78 is 63.4. The van der Waals surface area contributed by atoms with Crippen molar-refractivity contribution in [2.24, 2.45) is 0 Å².